The van der Waals surface area contributed by atoms with E-state index in [-0.39, 0.29) is 5.91 Å². The van der Waals surface area contributed by atoms with Crippen molar-refractivity contribution in [1.29, 1.82) is 0 Å². The van der Waals surface area contributed by atoms with Crippen molar-refractivity contribution < 1.29 is 14.3 Å². The molecule has 166 valence electrons. The number of anilines is 1. The van der Waals surface area contributed by atoms with E-state index >= 15 is 0 Å². The van der Waals surface area contributed by atoms with Gasteiger partial charge in [-0.25, -0.2) is 0 Å². The van der Waals surface area contributed by atoms with Gasteiger partial charge < -0.3 is 14.4 Å². The molecule has 3 aliphatic rings. The number of methoxy groups -OCH3 is 1. The number of nitrogens with zero attached hydrogens (tertiary/aromatic N) is 3. The molecule has 3 heterocycles. The van der Waals surface area contributed by atoms with Gasteiger partial charge in [0.25, 0.3) is 0 Å². The molecule has 0 aromatic heterocycles. The van der Waals surface area contributed by atoms with Gasteiger partial charge in [-0.3, -0.25) is 14.6 Å². The summed E-state index contributed by atoms with van der Waals surface area (Å²) in [7, 11) is 1.69. The minimum atomic E-state index is 0.232. The summed E-state index contributed by atoms with van der Waals surface area (Å²) in [5, 5.41) is 0. The number of piperidine rings is 1. The van der Waals surface area contributed by atoms with Gasteiger partial charge in [-0.05, 0) is 82.3 Å². The van der Waals surface area contributed by atoms with Crippen LogP contribution in [0.3, 0.4) is 0 Å². The summed E-state index contributed by atoms with van der Waals surface area (Å²) in [5.74, 6) is 1.83. The van der Waals surface area contributed by atoms with Crippen molar-refractivity contribution in [2.75, 3.05) is 57.8 Å². The molecule has 0 radical (unpaired) electrons. The number of hydrogen-bond donors (Lipinski definition) is 0. The fourth-order valence-corrected chi connectivity index (χ4v) is 5.36. The zero-order valence-electron chi connectivity index (χ0n) is 18.8. The summed E-state index contributed by atoms with van der Waals surface area (Å²) in [4.78, 5) is 20.0. The van der Waals surface area contributed by atoms with E-state index in [0.29, 0.717) is 18.8 Å². The van der Waals surface area contributed by atoms with Gasteiger partial charge in [0, 0.05) is 31.9 Å². The Labute approximate surface area is 181 Å². The number of aryl methyl sites for hydroxylation is 1. The average molecular weight is 416 g/mol. The van der Waals surface area contributed by atoms with E-state index in [1.54, 1.807) is 7.11 Å². The van der Waals surface area contributed by atoms with Crippen molar-refractivity contribution >= 4 is 11.6 Å². The Kier molecular flexibility index (Phi) is 6.96. The highest BCUT2D eigenvalue weighted by Crippen LogP contribution is 2.31. The molecular formula is C24H37N3O3. The summed E-state index contributed by atoms with van der Waals surface area (Å²) in [6.45, 7) is 11.0. The van der Waals surface area contributed by atoms with Crippen LogP contribution in [-0.4, -0.2) is 80.8 Å². The van der Waals surface area contributed by atoms with Crippen LogP contribution in [0.2, 0.25) is 0 Å². The molecule has 30 heavy (non-hydrogen) atoms. The maximum absolute atomic E-state index is 13.1. The van der Waals surface area contributed by atoms with Crippen LogP contribution < -0.4 is 9.64 Å². The Morgan fingerprint density at radius 3 is 2.53 bits per heavy atom. The van der Waals surface area contributed by atoms with Crippen LogP contribution in [-0.2, 0) is 16.0 Å². The third kappa shape index (κ3) is 5.16. The van der Waals surface area contributed by atoms with Crippen LogP contribution in [0, 0.1) is 5.92 Å². The lowest BCUT2D eigenvalue weighted by atomic mass is 9.95. The molecule has 4 rings (SSSR count). The molecule has 1 amide bonds. The van der Waals surface area contributed by atoms with E-state index in [4.69, 9.17) is 9.47 Å². The number of amides is 1. The van der Waals surface area contributed by atoms with Gasteiger partial charge in [0.05, 0.1) is 25.9 Å². The highest BCUT2D eigenvalue weighted by atomic mass is 16.5. The lowest BCUT2D eigenvalue weighted by Gasteiger charge is -2.39. The third-order valence-corrected chi connectivity index (χ3v) is 6.78. The minimum absolute atomic E-state index is 0.232. The monoisotopic (exact) mass is 415 g/mol. The van der Waals surface area contributed by atoms with E-state index in [2.05, 4.69) is 29.7 Å². The first-order valence-electron chi connectivity index (χ1n) is 11.6. The van der Waals surface area contributed by atoms with E-state index in [0.717, 1.165) is 62.9 Å². The van der Waals surface area contributed by atoms with Crippen molar-refractivity contribution in [3.05, 3.63) is 23.8 Å². The lowest BCUT2D eigenvalue weighted by Crippen LogP contribution is -2.49. The zero-order chi connectivity index (χ0) is 21.1. The van der Waals surface area contributed by atoms with Gasteiger partial charge in [0.1, 0.15) is 5.75 Å². The Morgan fingerprint density at radius 1 is 1.10 bits per heavy atom. The molecule has 1 aromatic rings. The second kappa shape index (κ2) is 9.67. The fraction of sp³-hybridized carbons (Fsp3) is 0.708. The quantitative estimate of drug-likeness (QED) is 0.740. The standard InChI is InChI=1S/C24H37N3O3/c1-18-14-26(15-19(2)30-18)16-20-8-11-25(12-9-20)17-24(28)27-10-4-5-21-13-22(29-3)6-7-23(21)27/h6-7,13,18-20H,4-5,8-12,14-17H2,1-3H3. The smallest absolute Gasteiger partial charge is 0.241 e. The third-order valence-electron chi connectivity index (χ3n) is 6.78. The number of fused-ring (bicyclic) bond motifs is 1. The predicted octanol–water partition coefficient (Wildman–Crippen LogP) is 2.80. The number of rotatable bonds is 5. The first-order chi connectivity index (χ1) is 14.5. The number of benzene rings is 1. The fourth-order valence-electron chi connectivity index (χ4n) is 5.36. The van der Waals surface area contributed by atoms with Gasteiger partial charge >= 0.3 is 0 Å². The summed E-state index contributed by atoms with van der Waals surface area (Å²) in [5.41, 5.74) is 2.29. The molecule has 0 saturated carbocycles. The first-order valence-corrected chi connectivity index (χ1v) is 11.6. The highest BCUT2D eigenvalue weighted by Gasteiger charge is 2.29. The Bertz CT molecular complexity index is 722. The summed E-state index contributed by atoms with van der Waals surface area (Å²) >= 11 is 0. The van der Waals surface area contributed by atoms with Crippen LogP contribution in [0.25, 0.3) is 0 Å². The van der Waals surface area contributed by atoms with Crippen LogP contribution in [0.15, 0.2) is 18.2 Å². The topological polar surface area (TPSA) is 45.2 Å². The van der Waals surface area contributed by atoms with Crippen molar-refractivity contribution in [3.63, 3.8) is 0 Å². The van der Waals surface area contributed by atoms with Gasteiger partial charge in [0.15, 0.2) is 0 Å². The second-order valence-electron chi connectivity index (χ2n) is 9.34. The van der Waals surface area contributed by atoms with Gasteiger partial charge in [-0.15, -0.1) is 0 Å². The molecule has 0 spiro atoms. The lowest BCUT2D eigenvalue weighted by molar-refractivity contribution is -0.120. The highest BCUT2D eigenvalue weighted by molar-refractivity contribution is 5.96. The predicted molar refractivity (Wildman–Crippen MR) is 119 cm³/mol. The molecule has 2 fully saturated rings. The molecule has 1 aromatic carbocycles. The summed E-state index contributed by atoms with van der Waals surface area (Å²) in [6.07, 6.45) is 5.06. The molecule has 2 atom stereocenters. The molecule has 0 aliphatic carbocycles. The number of likely N-dealkylation sites (tertiary alicyclic amines) is 1. The number of morpholine rings is 1. The molecular weight excluding hydrogens is 378 g/mol. The SMILES string of the molecule is COc1ccc2c(c1)CCCN2C(=O)CN1CCC(CN2CC(C)OC(C)C2)CC1. The molecule has 6 heteroatoms. The molecule has 0 bridgehead atoms. The van der Waals surface area contributed by atoms with Crippen molar-refractivity contribution in [1.82, 2.24) is 9.80 Å². The van der Waals surface area contributed by atoms with Crippen LogP contribution in [0.5, 0.6) is 5.75 Å². The van der Waals surface area contributed by atoms with E-state index in [9.17, 15) is 4.79 Å². The average Bonchev–Trinajstić information content (AvgIpc) is 2.73. The number of carbonyl (C=O) groups is 1. The normalized spacial score (nSPS) is 26.4. The van der Waals surface area contributed by atoms with Gasteiger partial charge in [-0.1, -0.05) is 0 Å². The maximum atomic E-state index is 13.1. The molecule has 2 saturated heterocycles. The maximum Gasteiger partial charge on any atom is 0.241 e. The van der Waals surface area contributed by atoms with Crippen molar-refractivity contribution in [2.45, 2.75) is 51.7 Å². The largest absolute Gasteiger partial charge is 0.497 e. The van der Waals surface area contributed by atoms with Crippen LogP contribution >= 0.6 is 0 Å². The molecule has 2 unspecified atom stereocenters. The first kappa shape index (κ1) is 21.6. The molecule has 0 N–H and O–H groups in total. The Balaban J connectivity index is 1.27. The van der Waals surface area contributed by atoms with Crippen LogP contribution in [0.1, 0.15) is 38.7 Å². The second-order valence-corrected chi connectivity index (χ2v) is 9.34. The van der Waals surface area contributed by atoms with Crippen molar-refractivity contribution in [3.8, 4) is 5.75 Å². The summed E-state index contributed by atoms with van der Waals surface area (Å²) < 4.78 is 11.2. The van der Waals surface area contributed by atoms with Crippen LogP contribution in [0.4, 0.5) is 5.69 Å². The van der Waals surface area contributed by atoms with Crippen molar-refractivity contribution in [2.24, 2.45) is 5.92 Å². The number of carbonyl (C=O) groups excluding carboxylic acids is 1. The minimum Gasteiger partial charge on any atom is -0.497 e. The van der Waals surface area contributed by atoms with E-state index < -0.39 is 0 Å². The van der Waals surface area contributed by atoms with E-state index in [1.165, 1.54) is 24.9 Å². The summed E-state index contributed by atoms with van der Waals surface area (Å²) in [6, 6.07) is 6.08. The Hall–Kier alpha value is -1.63. The molecule has 6 nitrogen and oxygen atoms in total. The number of ether oxygens (including phenoxy) is 2. The zero-order valence-corrected chi connectivity index (χ0v) is 18.8. The molecule has 3 aliphatic heterocycles. The van der Waals surface area contributed by atoms with Gasteiger partial charge in [-0.2, -0.15) is 0 Å². The number of hydrogen-bond acceptors (Lipinski definition) is 5. The Morgan fingerprint density at radius 2 is 1.83 bits per heavy atom. The van der Waals surface area contributed by atoms with E-state index in [1.807, 2.05) is 17.0 Å². The van der Waals surface area contributed by atoms with Gasteiger partial charge in [0.2, 0.25) is 5.91 Å².